The molecule has 9 heteroatoms. The summed E-state index contributed by atoms with van der Waals surface area (Å²) < 4.78 is 29.2. The van der Waals surface area contributed by atoms with Gasteiger partial charge in [0.05, 0.1) is 29.0 Å². The normalized spacial score (nSPS) is 13.8. The molecule has 1 aliphatic rings. The van der Waals surface area contributed by atoms with E-state index in [2.05, 4.69) is 25.6 Å². The number of carbonyl (C=O) groups excluding carboxylic acids is 1. The number of aromatic amines is 1. The van der Waals surface area contributed by atoms with Crippen molar-refractivity contribution in [2.24, 2.45) is 0 Å². The van der Waals surface area contributed by atoms with Gasteiger partial charge in [-0.3, -0.25) is 9.89 Å². The number of pyridine rings is 1. The molecule has 2 N–H and O–H groups in total. The highest BCUT2D eigenvalue weighted by Gasteiger charge is 2.28. The van der Waals surface area contributed by atoms with Gasteiger partial charge in [-0.05, 0) is 49.6 Å². The molecule has 0 saturated heterocycles. The van der Waals surface area contributed by atoms with Crippen molar-refractivity contribution in [1.29, 1.82) is 0 Å². The molecule has 1 saturated carbocycles. The van der Waals surface area contributed by atoms with Gasteiger partial charge in [-0.2, -0.15) is 10.2 Å². The van der Waals surface area contributed by atoms with Crippen LogP contribution in [0, 0.1) is 18.6 Å². The van der Waals surface area contributed by atoms with Gasteiger partial charge in [0, 0.05) is 11.6 Å². The number of hydrogen-bond donors (Lipinski definition) is 2. The highest BCUT2D eigenvalue weighted by atomic mass is 19.1. The van der Waals surface area contributed by atoms with Gasteiger partial charge in [-0.1, -0.05) is 0 Å². The minimum atomic E-state index is -0.465. The molecule has 29 heavy (non-hydrogen) atoms. The lowest BCUT2D eigenvalue weighted by Gasteiger charge is -2.10. The first-order chi connectivity index (χ1) is 14.0. The molecule has 0 unspecified atom stereocenters. The van der Waals surface area contributed by atoms with E-state index in [1.54, 1.807) is 6.92 Å². The third-order valence-electron chi connectivity index (χ3n) is 4.99. The van der Waals surface area contributed by atoms with Crippen molar-refractivity contribution in [1.82, 2.24) is 24.8 Å². The van der Waals surface area contributed by atoms with Crippen LogP contribution < -0.4 is 5.32 Å². The average Bonchev–Trinajstić information content (AvgIpc) is 3.27. The SMILES string of the molecule is Cc1cc(F)c(-c2n[nH]c(C3CC3)n2)cc1NC(=O)c1cnn2cc(F)ccc12. The molecule has 146 valence electrons. The molecule has 1 aromatic carbocycles. The van der Waals surface area contributed by atoms with Crippen molar-refractivity contribution in [2.45, 2.75) is 25.7 Å². The van der Waals surface area contributed by atoms with Crippen LogP contribution in [0.15, 0.2) is 36.7 Å². The largest absolute Gasteiger partial charge is 0.322 e. The molecule has 1 aliphatic carbocycles. The lowest BCUT2D eigenvalue weighted by atomic mass is 10.1. The second kappa shape index (κ2) is 6.47. The molecule has 3 aromatic heterocycles. The molecular weight excluding hydrogens is 378 g/mol. The van der Waals surface area contributed by atoms with E-state index in [1.165, 1.54) is 41.2 Å². The maximum Gasteiger partial charge on any atom is 0.259 e. The summed E-state index contributed by atoms with van der Waals surface area (Å²) in [6.45, 7) is 1.70. The van der Waals surface area contributed by atoms with Crippen molar-refractivity contribution < 1.29 is 13.6 Å². The van der Waals surface area contributed by atoms with E-state index in [0.717, 1.165) is 18.7 Å². The Morgan fingerprint density at radius 2 is 2.10 bits per heavy atom. The fourth-order valence-electron chi connectivity index (χ4n) is 3.24. The van der Waals surface area contributed by atoms with Crippen LogP contribution >= 0.6 is 0 Å². The highest BCUT2D eigenvalue weighted by molar-refractivity contribution is 6.09. The smallest absolute Gasteiger partial charge is 0.259 e. The first-order valence-corrected chi connectivity index (χ1v) is 9.16. The predicted molar refractivity (Wildman–Crippen MR) is 102 cm³/mol. The fourth-order valence-corrected chi connectivity index (χ4v) is 3.24. The van der Waals surface area contributed by atoms with Crippen LogP contribution in [0.5, 0.6) is 0 Å². The monoisotopic (exact) mass is 394 g/mol. The van der Waals surface area contributed by atoms with Crippen LogP contribution in [0.25, 0.3) is 16.9 Å². The molecule has 1 fully saturated rings. The Bertz CT molecular complexity index is 1260. The van der Waals surface area contributed by atoms with Gasteiger partial charge in [0.15, 0.2) is 5.82 Å². The number of fused-ring (bicyclic) bond motifs is 1. The standard InChI is InChI=1S/C20H16F2N6O/c1-10-6-15(22)13(19-25-18(26-27-19)11-2-3-11)7-16(10)24-20(29)14-8-23-28-9-12(21)4-5-17(14)28/h4-9,11H,2-3H2,1H3,(H,24,29)(H,25,26,27). The van der Waals surface area contributed by atoms with E-state index in [1.807, 2.05) is 0 Å². The fraction of sp³-hybridized carbons (Fsp3) is 0.200. The molecule has 0 spiro atoms. The number of benzene rings is 1. The second-order valence-corrected chi connectivity index (χ2v) is 7.16. The van der Waals surface area contributed by atoms with Crippen molar-refractivity contribution in [2.75, 3.05) is 5.32 Å². The number of nitrogens with zero attached hydrogens (tertiary/aromatic N) is 4. The lowest BCUT2D eigenvalue weighted by Crippen LogP contribution is -2.13. The first-order valence-electron chi connectivity index (χ1n) is 9.16. The molecular formula is C20H16F2N6O. The van der Waals surface area contributed by atoms with Gasteiger partial charge >= 0.3 is 0 Å². The van der Waals surface area contributed by atoms with Crippen molar-refractivity contribution in [3.05, 3.63) is 65.2 Å². The van der Waals surface area contributed by atoms with Crippen LogP contribution in [-0.2, 0) is 0 Å². The summed E-state index contributed by atoms with van der Waals surface area (Å²) >= 11 is 0. The highest BCUT2D eigenvalue weighted by Crippen LogP contribution is 2.38. The van der Waals surface area contributed by atoms with Crippen LogP contribution in [0.2, 0.25) is 0 Å². The van der Waals surface area contributed by atoms with E-state index < -0.39 is 17.5 Å². The number of H-pyrrole nitrogens is 1. The number of anilines is 1. The summed E-state index contributed by atoms with van der Waals surface area (Å²) in [5.41, 5.74) is 1.94. The summed E-state index contributed by atoms with van der Waals surface area (Å²) in [6, 6.07) is 5.60. The number of carbonyl (C=O) groups is 1. The van der Waals surface area contributed by atoms with Gasteiger partial charge in [-0.15, -0.1) is 0 Å². The molecule has 0 bridgehead atoms. The summed E-state index contributed by atoms with van der Waals surface area (Å²) in [6.07, 6.45) is 4.65. The molecule has 4 aromatic rings. The summed E-state index contributed by atoms with van der Waals surface area (Å²) in [5.74, 6) is 0.0257. The van der Waals surface area contributed by atoms with Crippen molar-refractivity contribution in [3.8, 4) is 11.4 Å². The molecule has 0 atom stereocenters. The number of aromatic nitrogens is 5. The molecule has 0 aliphatic heterocycles. The summed E-state index contributed by atoms with van der Waals surface area (Å²) in [4.78, 5) is 17.2. The molecule has 5 rings (SSSR count). The van der Waals surface area contributed by atoms with E-state index in [-0.39, 0.29) is 17.0 Å². The second-order valence-electron chi connectivity index (χ2n) is 7.16. The molecule has 0 radical (unpaired) electrons. The zero-order valence-electron chi connectivity index (χ0n) is 15.4. The Morgan fingerprint density at radius 1 is 1.28 bits per heavy atom. The Hall–Kier alpha value is -3.62. The maximum absolute atomic E-state index is 14.5. The third-order valence-corrected chi connectivity index (χ3v) is 4.99. The van der Waals surface area contributed by atoms with E-state index in [0.29, 0.717) is 22.7 Å². The van der Waals surface area contributed by atoms with E-state index in [4.69, 9.17) is 0 Å². The number of hydrogen-bond acceptors (Lipinski definition) is 4. The van der Waals surface area contributed by atoms with E-state index in [9.17, 15) is 13.6 Å². The first kappa shape index (κ1) is 17.5. The van der Waals surface area contributed by atoms with Crippen LogP contribution in [0.1, 0.15) is 40.5 Å². The van der Waals surface area contributed by atoms with Gasteiger partial charge < -0.3 is 5.32 Å². The molecule has 1 amide bonds. The lowest BCUT2D eigenvalue weighted by molar-refractivity contribution is 0.102. The topological polar surface area (TPSA) is 88.0 Å². The number of halogens is 2. The summed E-state index contributed by atoms with van der Waals surface area (Å²) in [5, 5.41) is 13.8. The predicted octanol–water partition coefficient (Wildman–Crippen LogP) is 3.84. The van der Waals surface area contributed by atoms with Crippen LogP contribution in [0.3, 0.4) is 0 Å². The Kier molecular flexibility index (Phi) is 3.90. The number of amides is 1. The number of nitrogens with one attached hydrogen (secondary N) is 2. The third kappa shape index (κ3) is 3.14. The average molecular weight is 394 g/mol. The number of rotatable bonds is 4. The van der Waals surface area contributed by atoms with Crippen molar-refractivity contribution >= 4 is 17.1 Å². The van der Waals surface area contributed by atoms with Crippen molar-refractivity contribution in [3.63, 3.8) is 0 Å². The molecule has 7 nitrogen and oxygen atoms in total. The van der Waals surface area contributed by atoms with Gasteiger partial charge in [0.1, 0.15) is 17.5 Å². The van der Waals surface area contributed by atoms with Crippen LogP contribution in [-0.4, -0.2) is 30.7 Å². The van der Waals surface area contributed by atoms with Gasteiger partial charge in [0.25, 0.3) is 5.91 Å². The Morgan fingerprint density at radius 3 is 2.90 bits per heavy atom. The zero-order valence-corrected chi connectivity index (χ0v) is 15.4. The van der Waals surface area contributed by atoms with Gasteiger partial charge in [-0.25, -0.2) is 18.3 Å². The van der Waals surface area contributed by atoms with Gasteiger partial charge in [0.2, 0.25) is 0 Å². The minimum absolute atomic E-state index is 0.205. The Labute approximate surface area is 163 Å². The summed E-state index contributed by atoms with van der Waals surface area (Å²) in [7, 11) is 0. The molecule has 3 heterocycles. The van der Waals surface area contributed by atoms with E-state index >= 15 is 0 Å². The quantitative estimate of drug-likeness (QED) is 0.551. The Balaban J connectivity index is 1.47. The maximum atomic E-state index is 14.5. The number of aryl methyl sites for hydroxylation is 1. The van der Waals surface area contributed by atoms with Crippen LogP contribution in [0.4, 0.5) is 14.5 Å². The minimum Gasteiger partial charge on any atom is -0.322 e. The zero-order chi connectivity index (χ0) is 20.1.